The van der Waals surface area contributed by atoms with Crippen molar-refractivity contribution in [2.75, 3.05) is 31.6 Å². The molecule has 0 aliphatic carbocycles. The van der Waals surface area contributed by atoms with E-state index in [9.17, 15) is 8.78 Å². The molecular formula is C20H21F2N7. The van der Waals surface area contributed by atoms with Crippen molar-refractivity contribution in [1.29, 1.82) is 5.41 Å². The van der Waals surface area contributed by atoms with Crippen LogP contribution in [0.5, 0.6) is 0 Å². The molecule has 0 unspecified atom stereocenters. The maximum atomic E-state index is 13.9. The highest BCUT2D eigenvalue weighted by molar-refractivity contribution is 6.11. The predicted octanol–water partition coefficient (Wildman–Crippen LogP) is 2.74. The SMILES string of the molecule is N=C(c1nc(C2CN(CCF)C2)n[nH]1)c1cccnc1NCc1ccccc1F. The van der Waals surface area contributed by atoms with Gasteiger partial charge in [-0.1, -0.05) is 18.2 Å². The third-order valence-electron chi connectivity index (χ3n) is 4.94. The summed E-state index contributed by atoms with van der Waals surface area (Å²) in [7, 11) is 0. The molecule has 0 amide bonds. The van der Waals surface area contributed by atoms with Crippen LogP contribution in [0.2, 0.25) is 0 Å². The smallest absolute Gasteiger partial charge is 0.174 e. The second-order valence-electron chi connectivity index (χ2n) is 6.91. The van der Waals surface area contributed by atoms with E-state index in [2.05, 4.69) is 25.5 Å². The molecule has 0 radical (unpaired) electrons. The van der Waals surface area contributed by atoms with Gasteiger partial charge in [0.05, 0.1) is 0 Å². The van der Waals surface area contributed by atoms with Crippen molar-refractivity contribution >= 4 is 11.5 Å². The third kappa shape index (κ3) is 4.14. The lowest BCUT2D eigenvalue weighted by molar-refractivity contribution is 0.133. The number of benzene rings is 1. The van der Waals surface area contributed by atoms with Gasteiger partial charge < -0.3 is 5.32 Å². The summed E-state index contributed by atoms with van der Waals surface area (Å²) in [5.41, 5.74) is 1.20. The molecule has 9 heteroatoms. The number of pyridine rings is 1. The first-order valence-corrected chi connectivity index (χ1v) is 9.38. The van der Waals surface area contributed by atoms with Crippen LogP contribution in [0.15, 0.2) is 42.6 Å². The van der Waals surface area contributed by atoms with Gasteiger partial charge in [-0.15, -0.1) is 0 Å². The number of nitrogens with one attached hydrogen (secondary N) is 3. The van der Waals surface area contributed by atoms with E-state index >= 15 is 0 Å². The maximum absolute atomic E-state index is 13.9. The summed E-state index contributed by atoms with van der Waals surface area (Å²) >= 11 is 0. The van der Waals surface area contributed by atoms with Crippen LogP contribution in [0.1, 0.15) is 28.7 Å². The van der Waals surface area contributed by atoms with E-state index in [4.69, 9.17) is 5.41 Å². The first kappa shape index (κ1) is 19.1. The summed E-state index contributed by atoms with van der Waals surface area (Å²) in [6.07, 6.45) is 1.61. The first-order chi connectivity index (χ1) is 14.2. The van der Waals surface area contributed by atoms with Crippen molar-refractivity contribution in [2.24, 2.45) is 0 Å². The van der Waals surface area contributed by atoms with Crippen LogP contribution in [0.25, 0.3) is 0 Å². The lowest BCUT2D eigenvalue weighted by Crippen LogP contribution is -2.46. The van der Waals surface area contributed by atoms with Crippen LogP contribution in [-0.2, 0) is 6.54 Å². The molecule has 1 fully saturated rings. The Morgan fingerprint density at radius 3 is 2.86 bits per heavy atom. The largest absolute Gasteiger partial charge is 0.365 e. The highest BCUT2D eigenvalue weighted by Crippen LogP contribution is 2.24. The Morgan fingerprint density at radius 1 is 1.24 bits per heavy atom. The quantitative estimate of drug-likeness (QED) is 0.508. The van der Waals surface area contributed by atoms with Gasteiger partial charge in [0.2, 0.25) is 0 Å². The number of nitrogens with zero attached hydrogens (tertiary/aromatic N) is 4. The molecule has 0 saturated carbocycles. The fourth-order valence-corrected chi connectivity index (χ4v) is 3.30. The van der Waals surface area contributed by atoms with E-state index in [1.807, 2.05) is 4.90 Å². The van der Waals surface area contributed by atoms with Gasteiger partial charge in [-0.3, -0.25) is 15.4 Å². The Hall–Kier alpha value is -3.20. The van der Waals surface area contributed by atoms with Gasteiger partial charge >= 0.3 is 0 Å². The van der Waals surface area contributed by atoms with Crippen molar-refractivity contribution < 1.29 is 8.78 Å². The zero-order valence-corrected chi connectivity index (χ0v) is 15.7. The molecule has 150 valence electrons. The zero-order chi connectivity index (χ0) is 20.2. The van der Waals surface area contributed by atoms with Gasteiger partial charge in [0, 0.05) is 49.4 Å². The summed E-state index contributed by atoms with van der Waals surface area (Å²) in [5, 5.41) is 18.7. The summed E-state index contributed by atoms with van der Waals surface area (Å²) in [4.78, 5) is 10.7. The van der Waals surface area contributed by atoms with Crippen LogP contribution in [0.4, 0.5) is 14.6 Å². The second-order valence-corrected chi connectivity index (χ2v) is 6.91. The molecule has 3 heterocycles. The number of hydrogen-bond acceptors (Lipinski definition) is 6. The molecule has 7 nitrogen and oxygen atoms in total. The number of hydrogen-bond donors (Lipinski definition) is 3. The fraction of sp³-hybridized carbons (Fsp3) is 0.300. The lowest BCUT2D eigenvalue weighted by atomic mass is 10.00. The molecule has 4 rings (SSSR count). The number of anilines is 1. The number of aromatic amines is 1. The standard InChI is InChI=1S/C20H21F2N7/c21-7-9-29-11-14(12-29)18-26-20(28-27-18)17(23)15-5-3-8-24-19(15)25-10-13-4-1-2-6-16(13)22/h1-6,8,14,23H,7,9-12H2,(H,24,25)(H,26,27,28). The molecule has 3 N–H and O–H groups in total. The molecule has 1 aromatic carbocycles. The summed E-state index contributed by atoms with van der Waals surface area (Å²) in [6.45, 7) is 1.75. The maximum Gasteiger partial charge on any atom is 0.174 e. The highest BCUT2D eigenvalue weighted by atomic mass is 19.1. The van der Waals surface area contributed by atoms with Gasteiger partial charge in [-0.2, -0.15) is 5.10 Å². The van der Waals surface area contributed by atoms with E-state index in [0.717, 1.165) is 13.1 Å². The topological polar surface area (TPSA) is 93.6 Å². The average molecular weight is 397 g/mol. The molecule has 0 spiro atoms. The van der Waals surface area contributed by atoms with E-state index in [1.54, 1.807) is 36.5 Å². The van der Waals surface area contributed by atoms with Crippen LogP contribution in [0, 0.1) is 11.2 Å². The molecular weight excluding hydrogens is 376 g/mol. The van der Waals surface area contributed by atoms with Gasteiger partial charge in [-0.05, 0) is 18.2 Å². The Labute approximate surface area is 166 Å². The van der Waals surface area contributed by atoms with E-state index in [-0.39, 0.29) is 30.7 Å². The number of likely N-dealkylation sites (tertiary alicyclic amines) is 1. The minimum absolute atomic E-state index is 0.145. The minimum atomic E-state index is -0.361. The van der Waals surface area contributed by atoms with E-state index < -0.39 is 0 Å². The van der Waals surface area contributed by atoms with E-state index in [0.29, 0.717) is 35.1 Å². The van der Waals surface area contributed by atoms with Crippen LogP contribution < -0.4 is 5.32 Å². The fourth-order valence-electron chi connectivity index (χ4n) is 3.30. The predicted molar refractivity (Wildman–Crippen MR) is 105 cm³/mol. The number of rotatable bonds is 8. The molecule has 1 aliphatic rings. The molecule has 0 atom stereocenters. The Kier molecular flexibility index (Phi) is 5.57. The Balaban J connectivity index is 1.46. The van der Waals surface area contributed by atoms with Gasteiger partial charge in [-0.25, -0.2) is 18.7 Å². The normalized spacial score (nSPS) is 14.6. The van der Waals surface area contributed by atoms with Crippen LogP contribution >= 0.6 is 0 Å². The van der Waals surface area contributed by atoms with Crippen molar-refractivity contribution in [1.82, 2.24) is 25.1 Å². The second kappa shape index (κ2) is 8.44. The summed E-state index contributed by atoms with van der Waals surface area (Å²) in [6, 6.07) is 10.0. The van der Waals surface area contributed by atoms with Gasteiger partial charge in [0.15, 0.2) is 11.6 Å². The number of alkyl halides is 1. The van der Waals surface area contributed by atoms with E-state index in [1.165, 1.54) is 6.07 Å². The van der Waals surface area contributed by atoms with Crippen LogP contribution in [0.3, 0.4) is 0 Å². The van der Waals surface area contributed by atoms with Gasteiger partial charge in [0.1, 0.15) is 24.0 Å². The highest BCUT2D eigenvalue weighted by Gasteiger charge is 2.31. The molecule has 3 aromatic rings. The number of halogens is 2. The number of H-pyrrole nitrogens is 1. The van der Waals surface area contributed by atoms with Gasteiger partial charge in [0.25, 0.3) is 0 Å². The zero-order valence-electron chi connectivity index (χ0n) is 15.7. The molecule has 29 heavy (non-hydrogen) atoms. The molecule has 1 saturated heterocycles. The third-order valence-corrected chi connectivity index (χ3v) is 4.94. The van der Waals surface area contributed by atoms with Crippen molar-refractivity contribution in [2.45, 2.75) is 12.5 Å². The monoisotopic (exact) mass is 397 g/mol. The summed E-state index contributed by atoms with van der Waals surface area (Å²) in [5.74, 6) is 1.29. The molecule has 0 bridgehead atoms. The number of aromatic nitrogens is 4. The lowest BCUT2D eigenvalue weighted by Gasteiger charge is -2.36. The van der Waals surface area contributed by atoms with Crippen molar-refractivity contribution in [3.8, 4) is 0 Å². The van der Waals surface area contributed by atoms with Crippen molar-refractivity contribution in [3.63, 3.8) is 0 Å². The first-order valence-electron chi connectivity index (χ1n) is 9.38. The Morgan fingerprint density at radius 2 is 2.07 bits per heavy atom. The molecule has 2 aromatic heterocycles. The van der Waals surface area contributed by atoms with Crippen LogP contribution in [-0.4, -0.2) is 57.1 Å². The van der Waals surface area contributed by atoms with Crippen molar-refractivity contribution in [3.05, 3.63) is 71.2 Å². The summed E-state index contributed by atoms with van der Waals surface area (Å²) < 4.78 is 26.2. The average Bonchev–Trinajstić information content (AvgIpc) is 3.19. The Bertz CT molecular complexity index is 998. The minimum Gasteiger partial charge on any atom is -0.365 e. The molecule has 1 aliphatic heterocycles.